The minimum Gasteiger partial charge on any atom is -0.418 e. The summed E-state index contributed by atoms with van der Waals surface area (Å²) in [5.74, 6) is 1.18. The van der Waals surface area contributed by atoms with Crippen molar-refractivity contribution in [3.63, 3.8) is 0 Å². The summed E-state index contributed by atoms with van der Waals surface area (Å²) in [5, 5.41) is 0. The predicted molar refractivity (Wildman–Crippen MR) is 83.9 cm³/mol. The van der Waals surface area contributed by atoms with E-state index in [1.165, 1.54) is 12.8 Å². The van der Waals surface area contributed by atoms with Crippen molar-refractivity contribution in [1.82, 2.24) is 0 Å². The highest BCUT2D eigenvalue weighted by Crippen LogP contribution is 2.35. The van der Waals surface area contributed by atoms with E-state index in [0.29, 0.717) is 11.5 Å². The SMILES string of the molecule is CCCC.OP(Oc1ccccc1)Oc1ccccc1. The van der Waals surface area contributed by atoms with Crippen LogP contribution in [-0.2, 0) is 0 Å². The van der Waals surface area contributed by atoms with Gasteiger partial charge in [0, 0.05) is 0 Å². The van der Waals surface area contributed by atoms with Crippen molar-refractivity contribution >= 4 is 8.60 Å². The molecule has 0 aliphatic carbocycles. The zero-order valence-electron chi connectivity index (χ0n) is 11.9. The summed E-state index contributed by atoms with van der Waals surface area (Å²) < 4.78 is 10.4. The van der Waals surface area contributed by atoms with Crippen LogP contribution in [0.5, 0.6) is 11.5 Å². The zero-order valence-corrected chi connectivity index (χ0v) is 12.8. The molecule has 0 aromatic heterocycles. The molecule has 108 valence electrons. The molecule has 0 spiro atoms. The van der Waals surface area contributed by atoms with Gasteiger partial charge in [0.25, 0.3) is 0 Å². The van der Waals surface area contributed by atoms with Gasteiger partial charge in [0.05, 0.1) is 0 Å². The second kappa shape index (κ2) is 10.2. The van der Waals surface area contributed by atoms with Crippen LogP contribution < -0.4 is 9.05 Å². The molecule has 0 bridgehead atoms. The molecule has 2 rings (SSSR count). The monoisotopic (exact) mass is 292 g/mol. The number of para-hydroxylation sites is 2. The third-order valence-electron chi connectivity index (χ3n) is 2.35. The van der Waals surface area contributed by atoms with E-state index in [4.69, 9.17) is 9.05 Å². The van der Waals surface area contributed by atoms with Crippen LogP contribution in [0.25, 0.3) is 0 Å². The quantitative estimate of drug-likeness (QED) is 0.773. The average molecular weight is 292 g/mol. The number of hydrogen-bond donors (Lipinski definition) is 1. The summed E-state index contributed by atoms with van der Waals surface area (Å²) in [6.07, 6.45) is 2.64. The van der Waals surface area contributed by atoms with Gasteiger partial charge in [-0.2, -0.15) is 0 Å². The molecule has 0 saturated heterocycles. The molecule has 0 atom stereocenters. The van der Waals surface area contributed by atoms with Gasteiger partial charge in [-0.1, -0.05) is 63.1 Å². The molecule has 0 aliphatic rings. The largest absolute Gasteiger partial charge is 0.460 e. The smallest absolute Gasteiger partial charge is 0.418 e. The van der Waals surface area contributed by atoms with E-state index in [1.54, 1.807) is 24.3 Å². The first-order valence-corrected chi connectivity index (χ1v) is 7.84. The molecule has 0 unspecified atom stereocenters. The molecular weight excluding hydrogens is 271 g/mol. The molecule has 1 N–H and O–H groups in total. The van der Waals surface area contributed by atoms with Crippen LogP contribution in [0.4, 0.5) is 0 Å². The van der Waals surface area contributed by atoms with Gasteiger partial charge in [-0.05, 0) is 24.3 Å². The van der Waals surface area contributed by atoms with Crippen LogP contribution in [0.15, 0.2) is 60.7 Å². The first-order chi connectivity index (χ1) is 9.76. The Hall–Kier alpha value is -1.57. The van der Waals surface area contributed by atoms with Crippen molar-refractivity contribution in [3.8, 4) is 11.5 Å². The maximum absolute atomic E-state index is 9.58. The highest BCUT2D eigenvalue weighted by molar-refractivity contribution is 7.41. The van der Waals surface area contributed by atoms with E-state index in [-0.39, 0.29) is 0 Å². The molecular formula is C16H21O3P. The average Bonchev–Trinajstić information content (AvgIpc) is 2.49. The topological polar surface area (TPSA) is 38.7 Å². The Morgan fingerprint density at radius 3 is 1.40 bits per heavy atom. The molecule has 0 fully saturated rings. The fraction of sp³-hybridized carbons (Fsp3) is 0.250. The summed E-state index contributed by atoms with van der Waals surface area (Å²) in [6.45, 7) is 4.36. The summed E-state index contributed by atoms with van der Waals surface area (Å²) in [6, 6.07) is 18.2. The van der Waals surface area contributed by atoms with Gasteiger partial charge >= 0.3 is 8.60 Å². The van der Waals surface area contributed by atoms with Crippen LogP contribution >= 0.6 is 8.60 Å². The summed E-state index contributed by atoms with van der Waals surface area (Å²) >= 11 is 0. The Morgan fingerprint density at radius 2 is 1.10 bits per heavy atom. The van der Waals surface area contributed by atoms with Crippen LogP contribution in [0, 0.1) is 0 Å². The van der Waals surface area contributed by atoms with Crippen LogP contribution in [-0.4, -0.2) is 4.89 Å². The van der Waals surface area contributed by atoms with Crippen molar-refractivity contribution in [2.24, 2.45) is 0 Å². The highest BCUT2D eigenvalue weighted by Gasteiger charge is 2.10. The predicted octanol–water partition coefficient (Wildman–Crippen LogP) is 5.17. The number of hydrogen-bond acceptors (Lipinski definition) is 3. The van der Waals surface area contributed by atoms with Gasteiger partial charge in [0.15, 0.2) is 0 Å². The third-order valence-corrected chi connectivity index (χ3v) is 3.09. The number of rotatable bonds is 5. The Balaban J connectivity index is 0.000000444. The Kier molecular flexibility index (Phi) is 8.44. The highest BCUT2D eigenvalue weighted by atomic mass is 31.2. The maximum atomic E-state index is 9.58. The lowest BCUT2D eigenvalue weighted by Crippen LogP contribution is -1.93. The normalized spacial score (nSPS) is 9.60. The number of unbranched alkanes of at least 4 members (excludes halogenated alkanes) is 1. The lowest BCUT2D eigenvalue weighted by Gasteiger charge is -2.11. The fourth-order valence-electron chi connectivity index (χ4n) is 1.16. The lowest BCUT2D eigenvalue weighted by molar-refractivity contribution is 0.382. The van der Waals surface area contributed by atoms with Gasteiger partial charge in [0.1, 0.15) is 11.5 Å². The first kappa shape index (κ1) is 16.5. The second-order valence-electron chi connectivity index (χ2n) is 4.05. The third kappa shape index (κ3) is 7.13. The van der Waals surface area contributed by atoms with E-state index < -0.39 is 8.60 Å². The van der Waals surface area contributed by atoms with E-state index >= 15 is 0 Å². The van der Waals surface area contributed by atoms with Gasteiger partial charge in [-0.25, -0.2) is 0 Å². The maximum Gasteiger partial charge on any atom is 0.460 e. The molecule has 0 heterocycles. The lowest BCUT2D eigenvalue weighted by atomic mass is 10.3. The van der Waals surface area contributed by atoms with E-state index in [1.807, 2.05) is 36.4 Å². The summed E-state index contributed by atoms with van der Waals surface area (Å²) in [4.78, 5) is 9.58. The Labute approximate surface area is 122 Å². The fourth-order valence-corrected chi connectivity index (χ4v) is 1.80. The first-order valence-electron chi connectivity index (χ1n) is 6.71. The van der Waals surface area contributed by atoms with Crippen molar-refractivity contribution in [1.29, 1.82) is 0 Å². The van der Waals surface area contributed by atoms with Crippen LogP contribution in [0.1, 0.15) is 26.7 Å². The number of benzene rings is 2. The van der Waals surface area contributed by atoms with Crippen LogP contribution in [0.2, 0.25) is 0 Å². The molecule has 0 saturated carbocycles. The molecule has 20 heavy (non-hydrogen) atoms. The molecule has 0 amide bonds. The van der Waals surface area contributed by atoms with Crippen molar-refractivity contribution < 1.29 is 13.9 Å². The van der Waals surface area contributed by atoms with E-state index in [9.17, 15) is 4.89 Å². The molecule has 4 heteroatoms. The second-order valence-corrected chi connectivity index (χ2v) is 4.89. The minimum absolute atomic E-state index is 0.590. The molecule has 0 radical (unpaired) electrons. The molecule has 2 aromatic carbocycles. The molecule has 3 nitrogen and oxygen atoms in total. The van der Waals surface area contributed by atoms with Gasteiger partial charge in [-0.15, -0.1) is 0 Å². The van der Waals surface area contributed by atoms with Crippen molar-refractivity contribution in [3.05, 3.63) is 60.7 Å². The van der Waals surface area contributed by atoms with Crippen molar-refractivity contribution in [2.75, 3.05) is 0 Å². The van der Waals surface area contributed by atoms with E-state index in [2.05, 4.69) is 13.8 Å². The Morgan fingerprint density at radius 1 is 0.750 bits per heavy atom. The van der Waals surface area contributed by atoms with Crippen molar-refractivity contribution in [2.45, 2.75) is 26.7 Å². The zero-order chi connectivity index (χ0) is 14.6. The van der Waals surface area contributed by atoms with Gasteiger partial charge < -0.3 is 13.9 Å². The van der Waals surface area contributed by atoms with Crippen LogP contribution in [0.3, 0.4) is 0 Å². The summed E-state index contributed by atoms with van der Waals surface area (Å²) in [7, 11) is -1.93. The van der Waals surface area contributed by atoms with Gasteiger partial charge in [0.2, 0.25) is 0 Å². The summed E-state index contributed by atoms with van der Waals surface area (Å²) in [5.41, 5.74) is 0. The van der Waals surface area contributed by atoms with Gasteiger partial charge in [-0.3, -0.25) is 0 Å². The Bertz CT molecular complexity index is 404. The van der Waals surface area contributed by atoms with E-state index in [0.717, 1.165) is 0 Å². The molecule has 2 aromatic rings. The molecule has 0 aliphatic heterocycles. The standard InChI is InChI=1S/C12H11O3P.C4H10/c13-16(14-11-7-3-1-4-8-11)15-12-9-5-2-6-10-12;1-3-4-2/h1-10,13H;3-4H2,1-2H3. The minimum atomic E-state index is -1.93.